The highest BCUT2D eigenvalue weighted by molar-refractivity contribution is 7.89. The van der Waals surface area contributed by atoms with Gasteiger partial charge in [-0.2, -0.15) is 9.40 Å². The smallest absolute Gasteiger partial charge is 0.247 e. The Kier molecular flexibility index (Phi) is 5.09. The van der Waals surface area contributed by atoms with Gasteiger partial charge in [0.2, 0.25) is 10.0 Å². The van der Waals surface area contributed by atoms with E-state index >= 15 is 0 Å². The molecule has 1 aromatic carbocycles. The van der Waals surface area contributed by atoms with E-state index in [1.165, 1.54) is 12.8 Å². The van der Waals surface area contributed by atoms with Crippen LogP contribution in [0.2, 0.25) is 0 Å². The molecular weight excluding hydrogens is 362 g/mol. The summed E-state index contributed by atoms with van der Waals surface area (Å²) < 4.78 is 36.2. The Morgan fingerprint density at radius 2 is 1.67 bits per heavy atom. The molecule has 1 aliphatic heterocycles. The third-order valence-electron chi connectivity index (χ3n) is 5.45. The van der Waals surface area contributed by atoms with Crippen molar-refractivity contribution >= 4 is 10.0 Å². The number of rotatable bonds is 4. The number of ether oxygens (including phenoxy) is 1. The zero-order valence-corrected chi connectivity index (χ0v) is 16.7. The fourth-order valence-electron chi connectivity index (χ4n) is 4.18. The summed E-state index contributed by atoms with van der Waals surface area (Å²) in [7, 11) is -3.65. The number of benzene rings is 1. The average Bonchev–Trinajstić information content (AvgIpc) is 3.31. The van der Waals surface area contributed by atoms with Gasteiger partial charge >= 0.3 is 0 Å². The first-order valence-electron chi connectivity index (χ1n) is 9.75. The second kappa shape index (κ2) is 7.37. The first-order chi connectivity index (χ1) is 12.9. The van der Waals surface area contributed by atoms with Crippen LogP contribution in [0.15, 0.2) is 41.4 Å². The second-order valence-corrected chi connectivity index (χ2v) is 9.61. The maximum absolute atomic E-state index is 13.5. The molecule has 2 atom stereocenters. The van der Waals surface area contributed by atoms with Gasteiger partial charge < -0.3 is 4.74 Å². The highest BCUT2D eigenvalue weighted by Crippen LogP contribution is 2.34. The molecule has 2 heterocycles. The zero-order chi connectivity index (χ0) is 19.0. The van der Waals surface area contributed by atoms with E-state index in [4.69, 9.17) is 9.84 Å². The van der Waals surface area contributed by atoms with E-state index in [2.05, 4.69) is 0 Å². The van der Waals surface area contributed by atoms with Gasteiger partial charge in [0.1, 0.15) is 10.6 Å². The first-order valence-corrected chi connectivity index (χ1v) is 11.2. The van der Waals surface area contributed by atoms with Crippen LogP contribution < -0.4 is 0 Å². The van der Waals surface area contributed by atoms with E-state index in [1.54, 1.807) is 10.5 Å². The first kappa shape index (κ1) is 18.7. The molecule has 0 N–H and O–H groups in total. The van der Waals surface area contributed by atoms with Crippen molar-refractivity contribution in [2.45, 2.75) is 62.7 Å². The Morgan fingerprint density at radius 3 is 2.30 bits per heavy atom. The summed E-state index contributed by atoms with van der Waals surface area (Å²) in [6, 6.07) is 9.89. The molecule has 4 rings (SSSR count). The monoisotopic (exact) mass is 389 g/mol. The summed E-state index contributed by atoms with van der Waals surface area (Å²) in [6.45, 7) is 4.57. The topological polar surface area (TPSA) is 64.4 Å². The molecule has 0 spiro atoms. The minimum atomic E-state index is -3.65. The lowest BCUT2D eigenvalue weighted by Gasteiger charge is -2.34. The molecule has 2 aliphatic rings. The van der Waals surface area contributed by atoms with Gasteiger partial charge in [0.05, 0.1) is 18.2 Å². The van der Waals surface area contributed by atoms with Gasteiger partial charge in [0.15, 0.2) is 0 Å². The van der Waals surface area contributed by atoms with Crippen LogP contribution in [-0.2, 0) is 14.8 Å². The summed E-state index contributed by atoms with van der Waals surface area (Å²) in [6.07, 6.45) is 5.97. The van der Waals surface area contributed by atoms with Crippen LogP contribution >= 0.6 is 0 Å². The van der Waals surface area contributed by atoms with Crippen LogP contribution in [0.5, 0.6) is 0 Å². The van der Waals surface area contributed by atoms with Crippen molar-refractivity contribution in [3.63, 3.8) is 0 Å². The molecule has 1 saturated carbocycles. The van der Waals surface area contributed by atoms with Crippen molar-refractivity contribution < 1.29 is 13.2 Å². The summed E-state index contributed by atoms with van der Waals surface area (Å²) in [4.78, 5) is 0.307. The van der Waals surface area contributed by atoms with Gasteiger partial charge in [-0.15, -0.1) is 0 Å². The fourth-order valence-corrected chi connectivity index (χ4v) is 5.92. The molecule has 2 fully saturated rings. The van der Waals surface area contributed by atoms with Crippen molar-refractivity contribution in [3.8, 4) is 11.3 Å². The van der Waals surface area contributed by atoms with Gasteiger partial charge in [0.25, 0.3) is 0 Å². The number of hydrogen-bond donors (Lipinski definition) is 0. The standard InChI is InChI=1S/C20H27N3O3S/c1-15-12-22(13-16(2)26-15)27(24,25)19-14-23(18-10-6-7-11-18)21-20(19)17-8-4-3-5-9-17/h3-5,8-9,14-16,18H,6-7,10-13H2,1-2H3. The number of nitrogens with zero attached hydrogens (tertiary/aromatic N) is 3. The van der Waals surface area contributed by atoms with Gasteiger partial charge in [0, 0.05) is 24.8 Å². The maximum Gasteiger partial charge on any atom is 0.247 e. The summed E-state index contributed by atoms with van der Waals surface area (Å²) in [5.74, 6) is 0. The second-order valence-electron chi connectivity index (χ2n) is 7.71. The van der Waals surface area contributed by atoms with Crippen molar-refractivity contribution in [2.75, 3.05) is 13.1 Å². The SMILES string of the molecule is CC1CN(S(=O)(=O)c2cn(C3CCCC3)nc2-c2ccccc2)CC(C)O1. The molecular formula is C20H27N3O3S. The summed E-state index contributed by atoms with van der Waals surface area (Å²) in [5, 5.41) is 4.74. The van der Waals surface area contributed by atoms with E-state index in [9.17, 15) is 8.42 Å². The predicted octanol–water partition coefficient (Wildman–Crippen LogP) is 3.46. The Balaban J connectivity index is 1.78. The van der Waals surface area contributed by atoms with Crippen molar-refractivity contribution in [3.05, 3.63) is 36.5 Å². The minimum absolute atomic E-state index is 0.117. The molecule has 2 unspecified atom stereocenters. The van der Waals surface area contributed by atoms with E-state index in [1.807, 2.05) is 48.9 Å². The zero-order valence-electron chi connectivity index (χ0n) is 15.9. The molecule has 27 heavy (non-hydrogen) atoms. The molecule has 7 heteroatoms. The van der Waals surface area contributed by atoms with E-state index in [0.29, 0.717) is 29.7 Å². The van der Waals surface area contributed by atoms with Crippen LogP contribution in [0.3, 0.4) is 0 Å². The molecule has 0 bridgehead atoms. The number of sulfonamides is 1. The van der Waals surface area contributed by atoms with Crippen LogP contribution in [0.1, 0.15) is 45.6 Å². The molecule has 0 amide bonds. The predicted molar refractivity (Wildman–Crippen MR) is 104 cm³/mol. The number of aromatic nitrogens is 2. The normalized spacial score (nSPS) is 25.1. The molecule has 146 valence electrons. The molecule has 6 nitrogen and oxygen atoms in total. The largest absolute Gasteiger partial charge is 0.373 e. The van der Waals surface area contributed by atoms with Crippen LogP contribution in [-0.4, -0.2) is 47.8 Å². The number of morpholine rings is 1. The van der Waals surface area contributed by atoms with Crippen molar-refractivity contribution in [1.82, 2.24) is 14.1 Å². The minimum Gasteiger partial charge on any atom is -0.373 e. The summed E-state index contributed by atoms with van der Waals surface area (Å²) in [5.41, 5.74) is 1.39. The fraction of sp³-hybridized carbons (Fsp3) is 0.550. The lowest BCUT2D eigenvalue weighted by atomic mass is 10.2. The molecule has 1 aliphatic carbocycles. The van der Waals surface area contributed by atoms with Crippen molar-refractivity contribution in [1.29, 1.82) is 0 Å². The molecule has 0 radical (unpaired) electrons. The maximum atomic E-state index is 13.5. The summed E-state index contributed by atoms with van der Waals surface area (Å²) >= 11 is 0. The van der Waals surface area contributed by atoms with E-state index < -0.39 is 10.0 Å². The third-order valence-corrected chi connectivity index (χ3v) is 7.28. The van der Waals surface area contributed by atoms with Crippen molar-refractivity contribution in [2.24, 2.45) is 0 Å². The Morgan fingerprint density at radius 1 is 1.04 bits per heavy atom. The van der Waals surface area contributed by atoms with Gasteiger partial charge in [-0.1, -0.05) is 43.2 Å². The Hall–Kier alpha value is -1.70. The van der Waals surface area contributed by atoms with Crippen LogP contribution in [0.25, 0.3) is 11.3 Å². The van der Waals surface area contributed by atoms with Crippen LogP contribution in [0, 0.1) is 0 Å². The molecule has 2 aromatic rings. The quantitative estimate of drug-likeness (QED) is 0.803. The highest BCUT2D eigenvalue weighted by atomic mass is 32.2. The molecule has 1 saturated heterocycles. The Labute approximate surface area is 161 Å². The van der Waals surface area contributed by atoms with E-state index in [-0.39, 0.29) is 12.2 Å². The van der Waals surface area contributed by atoms with E-state index in [0.717, 1.165) is 18.4 Å². The molecule has 1 aromatic heterocycles. The highest BCUT2D eigenvalue weighted by Gasteiger charge is 2.36. The lowest BCUT2D eigenvalue weighted by Crippen LogP contribution is -2.48. The number of hydrogen-bond acceptors (Lipinski definition) is 4. The van der Waals surface area contributed by atoms with Gasteiger partial charge in [-0.05, 0) is 26.7 Å². The average molecular weight is 390 g/mol. The lowest BCUT2D eigenvalue weighted by molar-refractivity contribution is -0.0440. The third kappa shape index (κ3) is 3.68. The van der Waals surface area contributed by atoms with Gasteiger partial charge in [-0.3, -0.25) is 4.68 Å². The van der Waals surface area contributed by atoms with Crippen LogP contribution in [0.4, 0.5) is 0 Å². The van der Waals surface area contributed by atoms with Gasteiger partial charge in [-0.25, -0.2) is 8.42 Å². The Bertz CT molecular complexity index is 878.